The first kappa shape index (κ1) is 22.8. The Morgan fingerprint density at radius 2 is 1.41 bits per heavy atom. The summed E-state index contributed by atoms with van der Waals surface area (Å²) in [4.78, 5) is 0. The lowest BCUT2D eigenvalue weighted by molar-refractivity contribution is 0.289. The Kier molecular flexibility index (Phi) is 6.45. The minimum absolute atomic E-state index is 0.118. The molecule has 4 aromatic carbocycles. The maximum absolute atomic E-state index is 13.1. The van der Waals surface area contributed by atoms with Crippen molar-refractivity contribution >= 4 is 0 Å². The Morgan fingerprint density at radius 3 is 2.03 bits per heavy atom. The monoisotopic (exact) mass is 462 g/mol. The second kappa shape index (κ2) is 9.62. The van der Waals surface area contributed by atoms with E-state index < -0.39 is 0 Å². The summed E-state index contributed by atoms with van der Waals surface area (Å²) in [5.41, 5.74) is 2.85. The van der Waals surface area contributed by atoms with E-state index in [0.29, 0.717) is 28.0 Å². The molecule has 6 nitrogen and oxygen atoms in total. The van der Waals surface area contributed by atoms with Crippen LogP contribution in [0.25, 0.3) is 22.3 Å². The molecule has 34 heavy (non-hydrogen) atoms. The summed E-state index contributed by atoms with van der Waals surface area (Å²) in [7, 11) is 2.92. The fraction of sp³-hybridized carbons (Fsp3) is 0.111. The van der Waals surface area contributed by atoms with Gasteiger partial charge in [0.15, 0.2) is 23.0 Å². The highest BCUT2D eigenvalue weighted by Gasteiger charge is 2.22. The molecule has 0 spiro atoms. The molecule has 0 atom stereocenters. The molecule has 4 rings (SSSR count). The first-order chi connectivity index (χ1) is 16.4. The lowest BCUT2D eigenvalue weighted by atomic mass is 9.96. The minimum Gasteiger partial charge on any atom is -0.508 e. The third-order valence-electron chi connectivity index (χ3n) is 5.38. The van der Waals surface area contributed by atoms with Crippen LogP contribution in [0.4, 0.5) is 4.39 Å². The quantitative estimate of drug-likeness (QED) is 0.318. The molecule has 0 aliphatic carbocycles. The molecule has 3 N–H and O–H groups in total. The Bertz CT molecular complexity index is 1300. The summed E-state index contributed by atoms with van der Waals surface area (Å²) >= 11 is 0. The third-order valence-corrected chi connectivity index (χ3v) is 5.38. The average Bonchev–Trinajstić information content (AvgIpc) is 2.84. The van der Waals surface area contributed by atoms with Crippen molar-refractivity contribution in [3.8, 4) is 56.8 Å². The van der Waals surface area contributed by atoms with E-state index in [1.165, 1.54) is 44.6 Å². The molecule has 7 heteroatoms. The van der Waals surface area contributed by atoms with Gasteiger partial charge in [-0.2, -0.15) is 0 Å². The Balaban J connectivity index is 1.69. The average molecular weight is 462 g/mol. The van der Waals surface area contributed by atoms with Gasteiger partial charge in [-0.05, 0) is 59.2 Å². The normalized spacial score (nSPS) is 10.7. The maximum Gasteiger partial charge on any atom is 0.170 e. The summed E-state index contributed by atoms with van der Waals surface area (Å²) < 4.78 is 29.8. The van der Waals surface area contributed by atoms with E-state index in [2.05, 4.69) is 0 Å². The molecule has 0 aromatic heterocycles. The van der Waals surface area contributed by atoms with E-state index in [9.17, 15) is 19.7 Å². The number of rotatable bonds is 7. The lowest BCUT2D eigenvalue weighted by Gasteiger charge is -2.18. The van der Waals surface area contributed by atoms with Gasteiger partial charge in [0.25, 0.3) is 0 Å². The van der Waals surface area contributed by atoms with Gasteiger partial charge in [0, 0.05) is 5.56 Å². The summed E-state index contributed by atoms with van der Waals surface area (Å²) in [6.45, 7) is 0.150. The fourth-order valence-electron chi connectivity index (χ4n) is 3.67. The first-order valence-electron chi connectivity index (χ1n) is 10.4. The van der Waals surface area contributed by atoms with Crippen LogP contribution < -0.4 is 14.2 Å². The van der Waals surface area contributed by atoms with Crippen LogP contribution in [-0.2, 0) is 6.61 Å². The van der Waals surface area contributed by atoms with Gasteiger partial charge in [-0.15, -0.1) is 0 Å². The highest BCUT2D eigenvalue weighted by atomic mass is 19.1. The topological polar surface area (TPSA) is 88.4 Å². The molecule has 0 bridgehead atoms. The van der Waals surface area contributed by atoms with Crippen molar-refractivity contribution in [2.75, 3.05) is 14.2 Å². The molecular weight excluding hydrogens is 439 g/mol. The zero-order valence-corrected chi connectivity index (χ0v) is 18.6. The number of phenolic OH excluding ortho intramolecular Hbond substituents is 3. The summed E-state index contributed by atoms with van der Waals surface area (Å²) in [6, 6.07) is 18.8. The van der Waals surface area contributed by atoms with E-state index in [-0.39, 0.29) is 41.2 Å². The van der Waals surface area contributed by atoms with Gasteiger partial charge >= 0.3 is 0 Å². The maximum atomic E-state index is 13.1. The Labute approximate surface area is 196 Å². The van der Waals surface area contributed by atoms with E-state index in [1.54, 1.807) is 42.5 Å². The molecule has 0 amide bonds. The molecule has 0 aliphatic heterocycles. The van der Waals surface area contributed by atoms with Gasteiger partial charge in [0.2, 0.25) is 0 Å². The number of hydrogen-bond acceptors (Lipinski definition) is 6. The van der Waals surface area contributed by atoms with Crippen LogP contribution in [0.2, 0.25) is 0 Å². The van der Waals surface area contributed by atoms with Crippen LogP contribution in [-0.4, -0.2) is 29.5 Å². The molecule has 174 valence electrons. The zero-order chi connectivity index (χ0) is 24.2. The highest BCUT2D eigenvalue weighted by molar-refractivity contribution is 5.88. The fourth-order valence-corrected chi connectivity index (χ4v) is 3.67. The zero-order valence-electron chi connectivity index (χ0n) is 18.6. The predicted molar refractivity (Wildman–Crippen MR) is 126 cm³/mol. The summed E-state index contributed by atoms with van der Waals surface area (Å²) in [6.07, 6.45) is 0. The van der Waals surface area contributed by atoms with Crippen molar-refractivity contribution in [1.29, 1.82) is 0 Å². The van der Waals surface area contributed by atoms with Crippen LogP contribution >= 0.6 is 0 Å². The van der Waals surface area contributed by atoms with Gasteiger partial charge in [-0.25, -0.2) is 4.39 Å². The number of benzene rings is 4. The number of phenols is 3. The second-order valence-electron chi connectivity index (χ2n) is 7.53. The molecule has 0 saturated carbocycles. The van der Waals surface area contributed by atoms with Gasteiger partial charge in [-0.1, -0.05) is 30.3 Å². The highest BCUT2D eigenvalue weighted by Crippen LogP contribution is 2.50. The van der Waals surface area contributed by atoms with E-state index in [1.807, 2.05) is 0 Å². The van der Waals surface area contributed by atoms with Crippen molar-refractivity contribution in [1.82, 2.24) is 0 Å². The lowest BCUT2D eigenvalue weighted by Crippen LogP contribution is -1.97. The van der Waals surface area contributed by atoms with Gasteiger partial charge in [0.05, 0.1) is 19.8 Å². The molecule has 0 saturated heterocycles. The Hall–Kier alpha value is -4.39. The first-order valence-corrected chi connectivity index (χ1v) is 10.4. The third kappa shape index (κ3) is 4.54. The van der Waals surface area contributed by atoms with E-state index in [0.717, 1.165) is 5.56 Å². The van der Waals surface area contributed by atoms with Crippen molar-refractivity contribution < 1.29 is 33.9 Å². The number of aromatic hydroxyl groups is 3. The molecule has 4 aromatic rings. The minimum atomic E-state index is -0.337. The molecule has 0 radical (unpaired) electrons. The summed E-state index contributed by atoms with van der Waals surface area (Å²) in [5.74, 6) is 0.300. The number of methoxy groups -OCH3 is 2. The van der Waals surface area contributed by atoms with Crippen LogP contribution in [0.15, 0.2) is 72.8 Å². The standard InChI is InChI=1S/C27H23FO6/c1-32-24-14-21(17-5-10-20(29)11-6-17)27(33-2)26(31)25(24)18-7-12-23(22(30)13-18)34-15-16-3-8-19(28)9-4-16/h3-14,29-31H,15H2,1-2H3. The number of hydrogen-bond donors (Lipinski definition) is 3. The largest absolute Gasteiger partial charge is 0.508 e. The van der Waals surface area contributed by atoms with Crippen molar-refractivity contribution in [2.24, 2.45) is 0 Å². The van der Waals surface area contributed by atoms with Crippen LogP contribution in [0.3, 0.4) is 0 Å². The molecular formula is C27H23FO6. The van der Waals surface area contributed by atoms with Crippen molar-refractivity contribution in [3.63, 3.8) is 0 Å². The number of halogens is 1. The molecule has 0 aliphatic rings. The van der Waals surface area contributed by atoms with Crippen molar-refractivity contribution in [3.05, 3.63) is 84.2 Å². The smallest absolute Gasteiger partial charge is 0.170 e. The van der Waals surface area contributed by atoms with E-state index in [4.69, 9.17) is 14.2 Å². The second-order valence-corrected chi connectivity index (χ2v) is 7.53. The number of ether oxygens (including phenoxy) is 3. The van der Waals surface area contributed by atoms with Crippen molar-refractivity contribution in [2.45, 2.75) is 6.61 Å². The van der Waals surface area contributed by atoms with E-state index >= 15 is 0 Å². The SMILES string of the molecule is COc1cc(-c2ccc(O)cc2)c(OC)c(O)c1-c1ccc(OCc2ccc(F)cc2)c(O)c1. The van der Waals surface area contributed by atoms with Crippen LogP contribution in [0, 0.1) is 5.82 Å². The molecule has 0 unspecified atom stereocenters. The van der Waals surface area contributed by atoms with Gasteiger partial charge in [0.1, 0.15) is 23.9 Å². The molecule has 0 fully saturated rings. The van der Waals surface area contributed by atoms with Crippen LogP contribution in [0.5, 0.6) is 34.5 Å². The Morgan fingerprint density at radius 1 is 0.735 bits per heavy atom. The van der Waals surface area contributed by atoms with Crippen LogP contribution in [0.1, 0.15) is 5.56 Å². The van der Waals surface area contributed by atoms with Gasteiger partial charge < -0.3 is 29.5 Å². The van der Waals surface area contributed by atoms with Gasteiger partial charge in [-0.3, -0.25) is 0 Å². The molecule has 0 heterocycles. The summed E-state index contributed by atoms with van der Waals surface area (Å²) in [5, 5.41) is 31.2. The predicted octanol–water partition coefficient (Wildman–Crippen LogP) is 5.87.